The van der Waals surface area contributed by atoms with E-state index in [-0.39, 0.29) is 5.91 Å². The maximum atomic E-state index is 11.7. The molecule has 0 bridgehead atoms. The van der Waals surface area contributed by atoms with Crippen molar-refractivity contribution in [3.8, 4) is 0 Å². The van der Waals surface area contributed by atoms with Gasteiger partial charge in [-0.25, -0.2) is 4.79 Å². The molecule has 1 rings (SSSR count). The minimum Gasteiger partial charge on any atom is -0.479 e. The summed E-state index contributed by atoms with van der Waals surface area (Å²) in [4.78, 5) is 24.4. The third-order valence-electron chi connectivity index (χ3n) is 2.92. The number of hydrogen-bond acceptors (Lipinski definition) is 4. The van der Waals surface area contributed by atoms with Crippen LogP contribution in [0.4, 0.5) is 0 Å². The second-order valence-electron chi connectivity index (χ2n) is 4.83. The van der Waals surface area contributed by atoms with E-state index in [1.807, 2.05) is 14.1 Å². The molecule has 0 aromatic carbocycles. The van der Waals surface area contributed by atoms with Crippen molar-refractivity contribution in [2.45, 2.75) is 37.9 Å². The van der Waals surface area contributed by atoms with Crippen molar-refractivity contribution in [2.24, 2.45) is 0 Å². The summed E-state index contributed by atoms with van der Waals surface area (Å²) in [5.74, 6) is -1.18. The van der Waals surface area contributed by atoms with E-state index in [0.29, 0.717) is 19.4 Å². The predicted octanol–water partition coefficient (Wildman–Crippen LogP) is 0.0766. The van der Waals surface area contributed by atoms with Crippen LogP contribution in [-0.4, -0.2) is 61.3 Å². The number of rotatable bonds is 7. The number of nitrogens with one attached hydrogen (secondary N) is 1. The Bertz CT molecular complexity index is 294. The second-order valence-corrected chi connectivity index (χ2v) is 4.83. The largest absolute Gasteiger partial charge is 0.479 e. The average Bonchev–Trinajstić information content (AvgIpc) is 2.77. The number of carbonyl (C=O) groups excluding carboxylic acids is 1. The van der Waals surface area contributed by atoms with Crippen molar-refractivity contribution in [1.29, 1.82) is 0 Å². The first-order valence-corrected chi connectivity index (χ1v) is 6.31. The van der Waals surface area contributed by atoms with E-state index in [2.05, 4.69) is 10.2 Å². The number of hydrogen-bond donors (Lipinski definition) is 2. The van der Waals surface area contributed by atoms with Crippen molar-refractivity contribution >= 4 is 11.9 Å². The number of nitrogens with zero attached hydrogens (tertiary/aromatic N) is 1. The molecule has 0 radical (unpaired) electrons. The van der Waals surface area contributed by atoms with Crippen LogP contribution in [0.3, 0.4) is 0 Å². The summed E-state index contributed by atoms with van der Waals surface area (Å²) in [5, 5.41) is 11.5. The molecule has 1 amide bonds. The fourth-order valence-electron chi connectivity index (χ4n) is 1.89. The maximum absolute atomic E-state index is 11.7. The molecule has 104 valence electrons. The Kier molecular flexibility index (Phi) is 6.07. The van der Waals surface area contributed by atoms with Gasteiger partial charge in [-0.15, -0.1) is 0 Å². The highest BCUT2D eigenvalue weighted by Crippen LogP contribution is 2.19. The third-order valence-corrected chi connectivity index (χ3v) is 2.92. The summed E-state index contributed by atoms with van der Waals surface area (Å²) >= 11 is 0. The molecule has 18 heavy (non-hydrogen) atoms. The molecule has 2 N–H and O–H groups in total. The molecule has 0 saturated carbocycles. The fraction of sp³-hybridized carbons (Fsp3) is 0.833. The van der Waals surface area contributed by atoms with Crippen molar-refractivity contribution in [2.75, 3.05) is 27.2 Å². The van der Waals surface area contributed by atoms with Crippen LogP contribution in [0.1, 0.15) is 25.7 Å². The quantitative estimate of drug-likeness (QED) is 0.632. The lowest BCUT2D eigenvalue weighted by molar-refractivity contribution is -0.151. The zero-order chi connectivity index (χ0) is 13.5. The van der Waals surface area contributed by atoms with E-state index in [1.165, 1.54) is 0 Å². The molecule has 0 aliphatic carbocycles. The normalized spacial score (nSPS) is 23.3. The van der Waals surface area contributed by atoms with Crippen molar-refractivity contribution in [3.05, 3.63) is 0 Å². The Labute approximate surface area is 107 Å². The number of unbranched alkanes of at least 4 members (excludes halogenated alkanes) is 1. The summed E-state index contributed by atoms with van der Waals surface area (Å²) in [6.07, 6.45) is 1.42. The highest BCUT2D eigenvalue weighted by atomic mass is 16.5. The lowest BCUT2D eigenvalue weighted by atomic mass is 10.2. The Morgan fingerprint density at radius 3 is 2.50 bits per heavy atom. The number of aliphatic carboxylic acids is 1. The number of carboxylic acids is 1. The highest BCUT2D eigenvalue weighted by Gasteiger charge is 2.34. The van der Waals surface area contributed by atoms with Crippen LogP contribution < -0.4 is 5.32 Å². The molecule has 1 heterocycles. The lowest BCUT2D eigenvalue weighted by Crippen LogP contribution is -2.36. The van der Waals surface area contributed by atoms with Gasteiger partial charge in [-0.2, -0.15) is 0 Å². The molecule has 1 fully saturated rings. The van der Waals surface area contributed by atoms with E-state index in [1.54, 1.807) is 0 Å². The van der Waals surface area contributed by atoms with Crippen molar-refractivity contribution in [1.82, 2.24) is 10.2 Å². The van der Waals surface area contributed by atoms with Gasteiger partial charge in [-0.05, 0) is 46.3 Å². The van der Waals surface area contributed by atoms with Gasteiger partial charge >= 0.3 is 5.97 Å². The molecule has 2 atom stereocenters. The maximum Gasteiger partial charge on any atom is 0.332 e. The van der Waals surface area contributed by atoms with Crippen molar-refractivity contribution in [3.63, 3.8) is 0 Å². The smallest absolute Gasteiger partial charge is 0.332 e. The zero-order valence-corrected chi connectivity index (χ0v) is 11.0. The minimum atomic E-state index is -0.990. The number of carboxylic acid groups (broad SMARTS) is 1. The van der Waals surface area contributed by atoms with Crippen molar-refractivity contribution < 1.29 is 19.4 Å². The van der Waals surface area contributed by atoms with Crippen LogP contribution >= 0.6 is 0 Å². The zero-order valence-electron chi connectivity index (χ0n) is 11.0. The minimum absolute atomic E-state index is 0.191. The van der Waals surface area contributed by atoms with E-state index >= 15 is 0 Å². The van der Waals surface area contributed by atoms with Gasteiger partial charge in [0, 0.05) is 6.54 Å². The van der Waals surface area contributed by atoms with Gasteiger partial charge in [-0.3, -0.25) is 4.79 Å². The molecule has 1 saturated heterocycles. The van der Waals surface area contributed by atoms with Gasteiger partial charge in [0.05, 0.1) is 0 Å². The van der Waals surface area contributed by atoms with Gasteiger partial charge in [0.1, 0.15) is 6.10 Å². The Balaban J connectivity index is 2.12. The van der Waals surface area contributed by atoms with Gasteiger partial charge in [0.15, 0.2) is 6.10 Å². The molecular formula is C12H22N2O4. The number of amides is 1. The van der Waals surface area contributed by atoms with E-state index in [4.69, 9.17) is 9.84 Å². The first kappa shape index (κ1) is 14.9. The summed E-state index contributed by atoms with van der Waals surface area (Å²) in [6.45, 7) is 1.61. The molecule has 6 nitrogen and oxygen atoms in total. The number of carbonyl (C=O) groups is 2. The standard InChI is InChI=1S/C12H22N2O4/c1-14(2)8-4-3-7-13-11(15)9-5-6-10(18-9)12(16)17/h9-10H,3-8H2,1-2H3,(H,13,15)(H,16,17)/t9-,10+/m0/s1. The van der Waals surface area contributed by atoms with Gasteiger partial charge in [0.2, 0.25) is 5.91 Å². The van der Waals surface area contributed by atoms with Gasteiger partial charge in [-0.1, -0.05) is 0 Å². The summed E-state index contributed by atoms with van der Waals surface area (Å²) < 4.78 is 5.16. The van der Waals surface area contributed by atoms with Crippen LogP contribution in [0.5, 0.6) is 0 Å². The summed E-state index contributed by atoms with van der Waals surface area (Å²) in [5.41, 5.74) is 0. The molecule has 0 spiro atoms. The average molecular weight is 258 g/mol. The van der Waals surface area contributed by atoms with E-state index in [9.17, 15) is 9.59 Å². The SMILES string of the molecule is CN(C)CCCCNC(=O)[C@@H]1CC[C@H](C(=O)O)O1. The Morgan fingerprint density at radius 2 is 1.94 bits per heavy atom. The molecule has 6 heteroatoms. The summed E-state index contributed by atoms with van der Waals surface area (Å²) in [7, 11) is 4.02. The number of ether oxygens (including phenoxy) is 1. The van der Waals surface area contributed by atoms with Crippen LogP contribution in [0, 0.1) is 0 Å². The molecule has 0 aromatic heterocycles. The predicted molar refractivity (Wildman–Crippen MR) is 66.3 cm³/mol. The first-order valence-electron chi connectivity index (χ1n) is 6.31. The van der Waals surface area contributed by atoms with Gasteiger partial charge in [0.25, 0.3) is 0 Å². The Hall–Kier alpha value is -1.14. The summed E-state index contributed by atoms with van der Waals surface area (Å²) in [6, 6.07) is 0. The first-order chi connectivity index (χ1) is 8.50. The molecule has 1 aliphatic rings. The monoisotopic (exact) mass is 258 g/mol. The molecule has 1 aliphatic heterocycles. The van der Waals surface area contributed by atoms with Crippen LogP contribution in [0.15, 0.2) is 0 Å². The van der Waals surface area contributed by atoms with Crippen LogP contribution in [0.2, 0.25) is 0 Å². The molecule has 0 aromatic rings. The highest BCUT2D eigenvalue weighted by molar-refractivity contribution is 5.82. The fourth-order valence-corrected chi connectivity index (χ4v) is 1.89. The lowest BCUT2D eigenvalue weighted by Gasteiger charge is -2.12. The molecule has 0 unspecified atom stereocenters. The van der Waals surface area contributed by atoms with Gasteiger partial charge < -0.3 is 20.1 Å². The van der Waals surface area contributed by atoms with Crippen LogP contribution in [-0.2, 0) is 14.3 Å². The second kappa shape index (κ2) is 7.33. The van der Waals surface area contributed by atoms with E-state index < -0.39 is 18.2 Å². The van der Waals surface area contributed by atoms with Crippen LogP contribution in [0.25, 0.3) is 0 Å². The topological polar surface area (TPSA) is 78.9 Å². The third kappa shape index (κ3) is 5.01. The Morgan fingerprint density at radius 1 is 1.28 bits per heavy atom. The molecular weight excluding hydrogens is 236 g/mol. The van der Waals surface area contributed by atoms with E-state index in [0.717, 1.165) is 19.4 Å².